The van der Waals surface area contributed by atoms with Crippen LogP contribution in [-0.2, 0) is 9.59 Å². The van der Waals surface area contributed by atoms with Crippen molar-refractivity contribution in [2.75, 3.05) is 0 Å². The van der Waals surface area contributed by atoms with Gasteiger partial charge in [-0.15, -0.1) is 24.8 Å². The molecule has 0 unspecified atom stereocenters. The molecular weight excluding hydrogens is 315 g/mol. The van der Waals surface area contributed by atoms with Crippen LogP contribution in [0.4, 0.5) is 0 Å². The highest BCUT2D eigenvalue weighted by Crippen LogP contribution is 2.14. The summed E-state index contributed by atoms with van der Waals surface area (Å²) in [6.07, 6.45) is 11.9. The molecule has 0 aliphatic rings. The first-order valence-corrected chi connectivity index (χ1v) is 7.55. The van der Waals surface area contributed by atoms with Crippen LogP contribution in [0.2, 0.25) is 0 Å². The van der Waals surface area contributed by atoms with Crippen LogP contribution >= 0.6 is 24.8 Å². The summed E-state index contributed by atoms with van der Waals surface area (Å²) in [5, 5.41) is 17.4. The first-order chi connectivity index (χ1) is 9.09. The summed E-state index contributed by atoms with van der Waals surface area (Å²) in [7, 11) is 0. The van der Waals surface area contributed by atoms with E-state index in [9.17, 15) is 9.59 Å². The molecule has 0 aliphatic heterocycles. The maximum atomic E-state index is 10.7. The standard InChI is InChI=1S/C15H28O4.2ClH/c1-2-3-4-5-6-7-8-9-10-11-12-13(14(16)17)15(18)19;;/h13H,2-12H2,1H3,(H,16,17)(H,18,19);2*1H. The SMILES string of the molecule is CCCCCCCCCCCCC(C(=O)O)C(=O)O.Cl.Cl. The van der Waals surface area contributed by atoms with E-state index in [4.69, 9.17) is 10.2 Å². The smallest absolute Gasteiger partial charge is 0.317 e. The number of carbonyl (C=O) groups is 2. The highest BCUT2D eigenvalue weighted by Gasteiger charge is 2.24. The number of hydrogen-bond acceptors (Lipinski definition) is 2. The van der Waals surface area contributed by atoms with Gasteiger partial charge in [-0.3, -0.25) is 9.59 Å². The Morgan fingerprint density at radius 1 is 0.714 bits per heavy atom. The van der Waals surface area contributed by atoms with Crippen LogP contribution in [0.5, 0.6) is 0 Å². The molecule has 0 aromatic rings. The van der Waals surface area contributed by atoms with Crippen LogP contribution in [0.25, 0.3) is 0 Å². The normalized spacial score (nSPS) is 9.81. The van der Waals surface area contributed by atoms with Gasteiger partial charge >= 0.3 is 11.9 Å². The summed E-state index contributed by atoms with van der Waals surface area (Å²) >= 11 is 0. The van der Waals surface area contributed by atoms with Gasteiger partial charge in [0.15, 0.2) is 5.92 Å². The lowest BCUT2D eigenvalue weighted by atomic mass is 10.00. The predicted octanol–water partition coefficient (Wildman–Crippen LogP) is 4.93. The van der Waals surface area contributed by atoms with Gasteiger partial charge in [0.1, 0.15) is 0 Å². The van der Waals surface area contributed by atoms with Crippen LogP contribution in [0, 0.1) is 5.92 Å². The second-order valence-corrected chi connectivity index (χ2v) is 5.20. The molecule has 0 rings (SSSR count). The molecule has 4 nitrogen and oxygen atoms in total. The van der Waals surface area contributed by atoms with E-state index in [2.05, 4.69) is 6.92 Å². The van der Waals surface area contributed by atoms with Gasteiger partial charge in [0.2, 0.25) is 0 Å². The summed E-state index contributed by atoms with van der Waals surface area (Å²) in [4.78, 5) is 21.3. The van der Waals surface area contributed by atoms with Gasteiger partial charge in [0, 0.05) is 0 Å². The molecule has 0 atom stereocenters. The van der Waals surface area contributed by atoms with Crippen molar-refractivity contribution in [3.8, 4) is 0 Å². The summed E-state index contributed by atoms with van der Waals surface area (Å²) in [6.45, 7) is 2.21. The summed E-state index contributed by atoms with van der Waals surface area (Å²) in [6, 6.07) is 0. The van der Waals surface area contributed by atoms with Crippen molar-refractivity contribution in [1.29, 1.82) is 0 Å². The van der Waals surface area contributed by atoms with Gasteiger partial charge in [-0.05, 0) is 6.42 Å². The third kappa shape index (κ3) is 15.7. The maximum absolute atomic E-state index is 10.7. The van der Waals surface area contributed by atoms with Gasteiger partial charge in [0.05, 0.1) is 0 Å². The molecule has 0 radical (unpaired) electrons. The number of halogens is 2. The van der Waals surface area contributed by atoms with Gasteiger partial charge in [0.25, 0.3) is 0 Å². The Hall–Kier alpha value is -0.480. The predicted molar refractivity (Wildman–Crippen MR) is 89.7 cm³/mol. The number of unbranched alkanes of at least 4 members (excludes halogenated alkanes) is 9. The number of aliphatic carboxylic acids is 2. The molecule has 0 saturated heterocycles. The molecule has 0 amide bonds. The summed E-state index contributed by atoms with van der Waals surface area (Å²) in [5.41, 5.74) is 0. The molecule has 21 heavy (non-hydrogen) atoms. The fraction of sp³-hybridized carbons (Fsp3) is 0.867. The van der Waals surface area contributed by atoms with Gasteiger partial charge in [-0.25, -0.2) is 0 Å². The Morgan fingerprint density at radius 2 is 1.05 bits per heavy atom. The van der Waals surface area contributed by atoms with Crippen molar-refractivity contribution < 1.29 is 19.8 Å². The number of rotatable bonds is 13. The summed E-state index contributed by atoms with van der Waals surface area (Å²) < 4.78 is 0. The van der Waals surface area contributed by atoms with E-state index in [1.807, 2.05) is 0 Å². The van der Waals surface area contributed by atoms with Crippen molar-refractivity contribution in [2.24, 2.45) is 5.92 Å². The molecule has 0 fully saturated rings. The lowest BCUT2D eigenvalue weighted by Crippen LogP contribution is -2.23. The molecule has 0 aliphatic carbocycles. The first-order valence-electron chi connectivity index (χ1n) is 7.55. The average Bonchev–Trinajstić information content (AvgIpc) is 2.35. The quantitative estimate of drug-likeness (QED) is 0.367. The Bertz CT molecular complexity index is 246. The van der Waals surface area contributed by atoms with E-state index in [1.165, 1.54) is 44.9 Å². The molecule has 0 heterocycles. The van der Waals surface area contributed by atoms with E-state index >= 15 is 0 Å². The lowest BCUT2D eigenvalue weighted by Gasteiger charge is -2.06. The molecule has 0 aromatic heterocycles. The minimum atomic E-state index is -1.23. The van der Waals surface area contributed by atoms with Crippen molar-refractivity contribution in [2.45, 2.75) is 77.6 Å². The molecule has 0 saturated carbocycles. The van der Waals surface area contributed by atoms with E-state index in [0.717, 1.165) is 12.8 Å². The molecule has 0 bridgehead atoms. The minimum Gasteiger partial charge on any atom is -0.481 e. The van der Waals surface area contributed by atoms with Gasteiger partial charge < -0.3 is 10.2 Å². The van der Waals surface area contributed by atoms with E-state index < -0.39 is 17.9 Å². The Morgan fingerprint density at radius 3 is 1.38 bits per heavy atom. The number of carboxylic acids is 2. The van der Waals surface area contributed by atoms with Crippen LogP contribution < -0.4 is 0 Å². The zero-order valence-electron chi connectivity index (χ0n) is 12.9. The topological polar surface area (TPSA) is 74.6 Å². The van der Waals surface area contributed by atoms with Crippen LogP contribution in [0.3, 0.4) is 0 Å². The Labute approximate surface area is 140 Å². The number of carboxylic acid groups (broad SMARTS) is 2. The van der Waals surface area contributed by atoms with Gasteiger partial charge in [-0.1, -0.05) is 71.1 Å². The van der Waals surface area contributed by atoms with Crippen LogP contribution in [0.15, 0.2) is 0 Å². The second kappa shape index (κ2) is 17.6. The fourth-order valence-electron chi connectivity index (χ4n) is 2.19. The van der Waals surface area contributed by atoms with Crippen molar-refractivity contribution in [3.05, 3.63) is 0 Å². The van der Waals surface area contributed by atoms with Crippen LogP contribution in [-0.4, -0.2) is 22.2 Å². The van der Waals surface area contributed by atoms with E-state index in [-0.39, 0.29) is 31.2 Å². The van der Waals surface area contributed by atoms with E-state index in [0.29, 0.717) is 6.42 Å². The Balaban J connectivity index is -0.00000162. The molecular formula is C15H30Cl2O4. The highest BCUT2D eigenvalue weighted by atomic mass is 35.5. The summed E-state index contributed by atoms with van der Waals surface area (Å²) in [5.74, 6) is -3.67. The third-order valence-corrected chi connectivity index (χ3v) is 3.44. The zero-order chi connectivity index (χ0) is 14.5. The van der Waals surface area contributed by atoms with Gasteiger partial charge in [-0.2, -0.15) is 0 Å². The lowest BCUT2D eigenvalue weighted by molar-refractivity contribution is -0.154. The largest absolute Gasteiger partial charge is 0.481 e. The van der Waals surface area contributed by atoms with E-state index in [1.54, 1.807) is 0 Å². The average molecular weight is 345 g/mol. The second-order valence-electron chi connectivity index (χ2n) is 5.20. The van der Waals surface area contributed by atoms with Crippen molar-refractivity contribution >= 4 is 36.8 Å². The third-order valence-electron chi connectivity index (χ3n) is 3.44. The van der Waals surface area contributed by atoms with Crippen LogP contribution in [0.1, 0.15) is 77.6 Å². The molecule has 6 heteroatoms. The first kappa shape index (κ1) is 25.5. The molecule has 128 valence electrons. The minimum absolute atomic E-state index is 0. The zero-order valence-corrected chi connectivity index (χ0v) is 14.5. The molecule has 0 aromatic carbocycles. The molecule has 2 N–H and O–H groups in total. The van der Waals surface area contributed by atoms with Crippen molar-refractivity contribution in [1.82, 2.24) is 0 Å². The molecule has 0 spiro atoms. The monoisotopic (exact) mass is 344 g/mol. The fourth-order valence-corrected chi connectivity index (χ4v) is 2.19. The maximum Gasteiger partial charge on any atom is 0.317 e. The number of hydrogen-bond donors (Lipinski definition) is 2. The Kier molecular flexibility index (Phi) is 21.3. The van der Waals surface area contributed by atoms with Crippen molar-refractivity contribution in [3.63, 3.8) is 0 Å². The highest BCUT2D eigenvalue weighted by molar-refractivity contribution is 5.92.